The summed E-state index contributed by atoms with van der Waals surface area (Å²) < 4.78 is 28.3. The number of allylic oxidation sites excluding steroid dienone is 4. The molecule has 6 atom stereocenters. The summed E-state index contributed by atoms with van der Waals surface area (Å²) in [7, 11) is 0. The zero-order valence-corrected chi connectivity index (χ0v) is 14.4. The van der Waals surface area contributed by atoms with Crippen molar-refractivity contribution < 1.29 is 18.7 Å². The summed E-state index contributed by atoms with van der Waals surface area (Å²) in [6.45, 7) is 3.79. The van der Waals surface area contributed by atoms with Crippen LogP contribution in [0.1, 0.15) is 52.4 Å². The van der Waals surface area contributed by atoms with Crippen LogP contribution in [-0.4, -0.2) is 22.9 Å². The van der Waals surface area contributed by atoms with Gasteiger partial charge in [0.1, 0.15) is 0 Å². The van der Waals surface area contributed by atoms with Gasteiger partial charge in [-0.15, -0.1) is 0 Å². The van der Waals surface area contributed by atoms with Gasteiger partial charge in [-0.3, -0.25) is 4.79 Å². The fraction of sp³-hybridized carbons (Fsp3) is 0.750. The van der Waals surface area contributed by atoms with E-state index in [4.69, 9.17) is 0 Å². The molecular weight excluding hydrogens is 310 g/mol. The highest BCUT2D eigenvalue weighted by molar-refractivity contribution is 6.01. The molecule has 24 heavy (non-hydrogen) atoms. The molecule has 2 nitrogen and oxygen atoms in total. The summed E-state index contributed by atoms with van der Waals surface area (Å²) in [5.41, 5.74) is -1.53. The van der Waals surface area contributed by atoms with E-state index in [1.807, 2.05) is 6.08 Å². The van der Waals surface area contributed by atoms with E-state index in [1.54, 1.807) is 19.1 Å². The molecule has 0 radical (unpaired) electrons. The van der Waals surface area contributed by atoms with Gasteiger partial charge in [-0.2, -0.15) is 0 Å². The summed E-state index contributed by atoms with van der Waals surface area (Å²) in [5, 5.41) is 10.8. The van der Waals surface area contributed by atoms with Crippen LogP contribution in [0.25, 0.3) is 0 Å². The van der Waals surface area contributed by atoms with E-state index in [1.165, 1.54) is 5.57 Å². The van der Waals surface area contributed by atoms with Crippen LogP contribution < -0.4 is 0 Å². The number of carbonyl (C=O) groups is 1. The van der Waals surface area contributed by atoms with Crippen LogP contribution >= 0.6 is 0 Å². The predicted octanol–water partition coefficient (Wildman–Crippen LogP) is 4.29. The first kappa shape index (κ1) is 16.4. The normalized spacial score (nSPS) is 50.3. The number of ketones is 1. The minimum atomic E-state index is -2.48. The molecule has 3 saturated carbocycles. The van der Waals surface area contributed by atoms with Gasteiger partial charge in [-0.1, -0.05) is 18.6 Å². The van der Waals surface area contributed by atoms with Crippen LogP contribution in [0.3, 0.4) is 0 Å². The molecule has 0 aromatic carbocycles. The molecule has 0 saturated heterocycles. The van der Waals surface area contributed by atoms with Gasteiger partial charge in [0, 0.05) is 5.41 Å². The fourth-order valence-corrected chi connectivity index (χ4v) is 6.68. The van der Waals surface area contributed by atoms with Gasteiger partial charge >= 0.3 is 0 Å². The Labute approximate surface area is 142 Å². The van der Waals surface area contributed by atoms with Gasteiger partial charge in [0.25, 0.3) is 0 Å². The lowest BCUT2D eigenvalue weighted by Gasteiger charge is -2.58. The second kappa shape index (κ2) is 5.00. The molecule has 3 fully saturated rings. The Hall–Kier alpha value is -1.03. The lowest BCUT2D eigenvalue weighted by Crippen LogP contribution is -2.57. The topological polar surface area (TPSA) is 37.3 Å². The van der Waals surface area contributed by atoms with Crippen molar-refractivity contribution in [3.05, 3.63) is 23.8 Å². The van der Waals surface area contributed by atoms with E-state index in [0.29, 0.717) is 31.6 Å². The van der Waals surface area contributed by atoms with Crippen LogP contribution in [0, 0.1) is 28.6 Å². The van der Waals surface area contributed by atoms with Crippen LogP contribution in [0.5, 0.6) is 0 Å². The van der Waals surface area contributed by atoms with Crippen molar-refractivity contribution in [1.82, 2.24) is 0 Å². The van der Waals surface area contributed by atoms with Crippen molar-refractivity contribution in [2.24, 2.45) is 28.6 Å². The number of halogens is 2. The molecule has 0 aromatic rings. The maximum atomic E-state index is 14.2. The average Bonchev–Trinajstić information content (AvgIpc) is 2.80. The molecule has 0 bridgehead atoms. The monoisotopic (exact) mass is 336 g/mol. The number of hydrogen-bond donors (Lipinski definition) is 1. The molecule has 4 aliphatic rings. The molecule has 0 aliphatic heterocycles. The van der Waals surface area contributed by atoms with E-state index < -0.39 is 17.4 Å². The summed E-state index contributed by atoms with van der Waals surface area (Å²) in [6.07, 6.45) is 6.87. The first-order chi connectivity index (χ1) is 11.2. The van der Waals surface area contributed by atoms with Gasteiger partial charge in [-0.25, -0.2) is 8.78 Å². The Morgan fingerprint density at radius 1 is 1.17 bits per heavy atom. The number of hydrogen-bond acceptors (Lipinski definition) is 2. The average molecular weight is 336 g/mol. The van der Waals surface area contributed by atoms with Crippen molar-refractivity contribution >= 4 is 5.78 Å². The standard InChI is InChI=1S/C20H26F2O2/c1-18-8-5-13(23)11-12(18)3-4-14-15(18)7-10-20(17(21)22)16(14)6-9-19(20,2)24/h5,8,11,14-17,24H,3-4,6-7,9-10H2,1-2H3/t14-,15+,16+,18+,19+,20+/m1/s1. The summed E-state index contributed by atoms with van der Waals surface area (Å²) >= 11 is 0. The Balaban J connectivity index is 1.74. The molecule has 4 rings (SSSR count). The molecule has 0 heterocycles. The molecule has 0 unspecified atom stereocenters. The van der Waals surface area contributed by atoms with E-state index in [0.717, 1.165) is 12.8 Å². The van der Waals surface area contributed by atoms with E-state index in [-0.39, 0.29) is 23.0 Å². The third-order valence-corrected chi connectivity index (χ3v) is 8.02. The molecule has 132 valence electrons. The SMILES string of the molecule is C[C@]12C=CC(=O)C=C1CC[C@@H]1[C@@H]2CC[C@@]2(C(F)F)[C@H]1CC[C@]2(C)O. The second-order valence-corrected chi connectivity index (χ2v) is 8.80. The number of carbonyl (C=O) groups excluding carboxylic acids is 1. The van der Waals surface area contributed by atoms with Gasteiger partial charge < -0.3 is 5.11 Å². The highest BCUT2D eigenvalue weighted by Gasteiger charge is 2.68. The first-order valence-electron chi connectivity index (χ1n) is 9.17. The molecule has 0 aromatic heterocycles. The lowest BCUT2D eigenvalue weighted by atomic mass is 9.47. The first-order valence-corrected chi connectivity index (χ1v) is 9.17. The lowest BCUT2D eigenvalue weighted by molar-refractivity contribution is -0.190. The van der Waals surface area contributed by atoms with Crippen LogP contribution in [0.15, 0.2) is 23.8 Å². The zero-order valence-electron chi connectivity index (χ0n) is 14.4. The van der Waals surface area contributed by atoms with Crippen LogP contribution in [0.4, 0.5) is 8.78 Å². The van der Waals surface area contributed by atoms with Gasteiger partial charge in [-0.05, 0) is 75.4 Å². The maximum Gasteiger partial charge on any atom is 0.247 e. The molecule has 1 N–H and O–H groups in total. The molecular formula is C20H26F2O2. The molecule has 4 heteroatoms. The number of aliphatic hydroxyl groups is 1. The Morgan fingerprint density at radius 2 is 1.88 bits per heavy atom. The summed E-state index contributed by atoms with van der Waals surface area (Å²) in [6, 6.07) is 0. The van der Waals surface area contributed by atoms with Crippen molar-refractivity contribution in [3.63, 3.8) is 0 Å². The third-order valence-electron chi connectivity index (χ3n) is 8.02. The van der Waals surface area contributed by atoms with Crippen molar-refractivity contribution in [2.45, 2.75) is 64.4 Å². The summed E-state index contributed by atoms with van der Waals surface area (Å²) in [5.74, 6) is 0.437. The summed E-state index contributed by atoms with van der Waals surface area (Å²) in [4.78, 5) is 11.7. The predicted molar refractivity (Wildman–Crippen MR) is 87.6 cm³/mol. The number of rotatable bonds is 1. The largest absolute Gasteiger partial charge is 0.389 e. The van der Waals surface area contributed by atoms with Gasteiger partial charge in [0.05, 0.1) is 11.0 Å². The van der Waals surface area contributed by atoms with E-state index >= 15 is 0 Å². The van der Waals surface area contributed by atoms with E-state index in [2.05, 4.69) is 6.92 Å². The highest BCUT2D eigenvalue weighted by atomic mass is 19.3. The second-order valence-electron chi connectivity index (χ2n) is 8.80. The van der Waals surface area contributed by atoms with Crippen LogP contribution in [0.2, 0.25) is 0 Å². The fourth-order valence-electron chi connectivity index (χ4n) is 6.68. The third kappa shape index (κ3) is 1.86. The Morgan fingerprint density at radius 3 is 2.58 bits per heavy atom. The number of alkyl halides is 2. The minimum Gasteiger partial charge on any atom is -0.389 e. The highest BCUT2D eigenvalue weighted by Crippen LogP contribution is 2.68. The zero-order chi connectivity index (χ0) is 17.3. The van der Waals surface area contributed by atoms with E-state index in [9.17, 15) is 18.7 Å². The minimum absolute atomic E-state index is 0.0439. The number of fused-ring (bicyclic) bond motifs is 5. The Bertz CT molecular complexity index is 636. The quantitative estimate of drug-likeness (QED) is 0.775. The van der Waals surface area contributed by atoms with Gasteiger partial charge in [0.15, 0.2) is 5.78 Å². The van der Waals surface area contributed by atoms with Crippen LogP contribution in [-0.2, 0) is 4.79 Å². The molecule has 0 spiro atoms. The van der Waals surface area contributed by atoms with Gasteiger partial charge in [0.2, 0.25) is 6.43 Å². The van der Waals surface area contributed by atoms with Crippen molar-refractivity contribution in [3.8, 4) is 0 Å². The molecule has 0 amide bonds. The smallest absolute Gasteiger partial charge is 0.247 e. The Kier molecular flexibility index (Phi) is 3.42. The molecule has 4 aliphatic carbocycles. The maximum absolute atomic E-state index is 14.2. The van der Waals surface area contributed by atoms with Crippen molar-refractivity contribution in [1.29, 1.82) is 0 Å². The van der Waals surface area contributed by atoms with Crippen molar-refractivity contribution in [2.75, 3.05) is 0 Å².